The molecule has 59 heavy (non-hydrogen) atoms. The number of rotatable bonds is 5. The van der Waals surface area contributed by atoms with Crippen molar-refractivity contribution in [2.75, 3.05) is 4.90 Å². The summed E-state index contributed by atoms with van der Waals surface area (Å²) in [7, 11) is 0. The van der Waals surface area contributed by atoms with Crippen LogP contribution < -0.4 is 4.90 Å². The van der Waals surface area contributed by atoms with Crippen molar-refractivity contribution >= 4 is 48.8 Å². The van der Waals surface area contributed by atoms with Gasteiger partial charge in [0, 0.05) is 30.9 Å². The van der Waals surface area contributed by atoms with Gasteiger partial charge in [-0.05, 0) is 93.7 Å². The van der Waals surface area contributed by atoms with E-state index < -0.39 is 0 Å². The molecule has 0 saturated carbocycles. The van der Waals surface area contributed by atoms with Crippen LogP contribution in [0, 0.1) is 0 Å². The summed E-state index contributed by atoms with van der Waals surface area (Å²) < 4.78 is 0. The van der Waals surface area contributed by atoms with Gasteiger partial charge in [-0.1, -0.05) is 200 Å². The molecule has 0 amide bonds. The molecule has 12 rings (SSSR count). The van der Waals surface area contributed by atoms with Gasteiger partial charge in [0.2, 0.25) is 0 Å². The maximum atomic E-state index is 2.79. The maximum Gasteiger partial charge on any atom is 0.0743 e. The first kappa shape index (κ1) is 34.1. The van der Waals surface area contributed by atoms with E-state index in [0.29, 0.717) is 0 Å². The van der Waals surface area contributed by atoms with E-state index in [1.165, 1.54) is 98.8 Å². The quantitative estimate of drug-likeness (QED) is 0.173. The van der Waals surface area contributed by atoms with Gasteiger partial charge in [0.15, 0.2) is 0 Å². The highest BCUT2D eigenvalue weighted by Crippen LogP contribution is 2.53. The van der Waals surface area contributed by atoms with Crippen molar-refractivity contribution in [3.05, 3.63) is 234 Å². The molecular weight excluding hydrogens is 713 g/mol. The Morgan fingerprint density at radius 3 is 1.12 bits per heavy atom. The van der Waals surface area contributed by atoms with Crippen LogP contribution in [0.2, 0.25) is 0 Å². The molecule has 280 valence electrons. The molecule has 2 unspecified atom stereocenters. The number of hydrogen-bond donors (Lipinski definition) is 0. The number of hydrogen-bond acceptors (Lipinski definition) is 2. The van der Waals surface area contributed by atoms with E-state index in [1.54, 1.807) is 0 Å². The lowest BCUT2D eigenvalue weighted by molar-refractivity contribution is 0.151. The SMILES string of the molecule is c1ccc(C(C(c2ccccc2)N2Cc3ccc4ccccc4c3-c3c2ccc2ccccc32)N2Cc3ccc4ccccc4c3-c3c(ccc4ccccc34)C2)cc1. The van der Waals surface area contributed by atoms with Crippen LogP contribution in [0.15, 0.2) is 206 Å². The Kier molecular flexibility index (Phi) is 7.99. The van der Waals surface area contributed by atoms with Crippen molar-refractivity contribution in [1.29, 1.82) is 0 Å². The smallest absolute Gasteiger partial charge is 0.0743 e. The van der Waals surface area contributed by atoms with Crippen LogP contribution in [-0.4, -0.2) is 4.90 Å². The maximum absolute atomic E-state index is 2.79. The van der Waals surface area contributed by atoms with Crippen molar-refractivity contribution in [2.24, 2.45) is 0 Å². The molecule has 0 aromatic heterocycles. The lowest BCUT2D eigenvalue weighted by Gasteiger charge is -2.46. The summed E-state index contributed by atoms with van der Waals surface area (Å²) in [6, 6.07) is 77.4. The third kappa shape index (κ3) is 5.52. The first-order valence-electron chi connectivity index (χ1n) is 20.9. The van der Waals surface area contributed by atoms with E-state index in [4.69, 9.17) is 0 Å². The number of fused-ring (bicyclic) bond motifs is 14. The predicted octanol–water partition coefficient (Wildman–Crippen LogP) is 14.5. The average molecular weight is 755 g/mol. The Labute approximate surface area is 345 Å². The van der Waals surface area contributed by atoms with E-state index >= 15 is 0 Å². The minimum absolute atomic E-state index is 0.00309. The van der Waals surface area contributed by atoms with E-state index in [-0.39, 0.29) is 12.1 Å². The van der Waals surface area contributed by atoms with Gasteiger partial charge in [-0.25, -0.2) is 0 Å². The summed E-state index contributed by atoms with van der Waals surface area (Å²) >= 11 is 0. The molecule has 0 radical (unpaired) electrons. The molecule has 0 spiro atoms. The van der Waals surface area contributed by atoms with Gasteiger partial charge in [0.25, 0.3) is 0 Å². The number of nitrogens with zero attached hydrogens (tertiary/aromatic N) is 2. The Balaban J connectivity index is 1.13. The fourth-order valence-corrected chi connectivity index (χ4v) is 10.6. The van der Waals surface area contributed by atoms with E-state index in [0.717, 1.165) is 19.6 Å². The number of anilines is 1. The van der Waals surface area contributed by atoms with Crippen molar-refractivity contribution in [2.45, 2.75) is 31.7 Å². The summed E-state index contributed by atoms with van der Waals surface area (Å²) in [6.07, 6.45) is 0. The Morgan fingerprint density at radius 1 is 0.288 bits per heavy atom. The zero-order valence-electron chi connectivity index (χ0n) is 32.8. The minimum Gasteiger partial charge on any atom is -0.358 e. The van der Waals surface area contributed by atoms with Crippen LogP contribution >= 0.6 is 0 Å². The monoisotopic (exact) mass is 754 g/mol. The standard InChI is InChI=1S/C57H42N2/c1-3-19-42(20-4-1)56(58-35-44-30-27-38-15-7-11-23-47(38)52(44)53-45(36-58)31-28-39-16-8-12-24-48(39)53)57(43-21-5-2-6-22-43)59-37-46-32-29-40-17-9-13-25-49(40)54(46)55-50-26-14-10-18-41(50)33-34-51(55)59/h1-34,56-57H,35-37H2. The highest BCUT2D eigenvalue weighted by Gasteiger charge is 2.40. The van der Waals surface area contributed by atoms with Gasteiger partial charge in [-0.15, -0.1) is 0 Å². The normalized spacial score (nSPS) is 14.7. The number of benzene rings is 10. The lowest BCUT2D eigenvalue weighted by atomic mass is 9.83. The highest BCUT2D eigenvalue weighted by molar-refractivity contribution is 6.12. The molecule has 0 aliphatic carbocycles. The highest BCUT2D eigenvalue weighted by atomic mass is 15.3. The van der Waals surface area contributed by atoms with Crippen molar-refractivity contribution in [3.8, 4) is 22.3 Å². The summed E-state index contributed by atoms with van der Waals surface area (Å²) in [6.45, 7) is 2.42. The van der Waals surface area contributed by atoms with Crippen LogP contribution in [0.3, 0.4) is 0 Å². The van der Waals surface area contributed by atoms with Gasteiger partial charge in [-0.3, -0.25) is 4.90 Å². The Bertz CT molecular complexity index is 3140. The van der Waals surface area contributed by atoms with Gasteiger partial charge in [0.05, 0.1) is 12.1 Å². The van der Waals surface area contributed by atoms with Crippen LogP contribution in [0.25, 0.3) is 65.3 Å². The molecule has 2 aliphatic rings. The topological polar surface area (TPSA) is 6.48 Å². The molecule has 2 heteroatoms. The van der Waals surface area contributed by atoms with Gasteiger partial charge in [0.1, 0.15) is 0 Å². The van der Waals surface area contributed by atoms with E-state index in [1.807, 2.05) is 0 Å². The van der Waals surface area contributed by atoms with Crippen LogP contribution in [0.4, 0.5) is 5.69 Å². The second-order valence-electron chi connectivity index (χ2n) is 16.4. The molecule has 0 bridgehead atoms. The first-order valence-corrected chi connectivity index (χ1v) is 20.9. The molecule has 0 N–H and O–H groups in total. The fourth-order valence-electron chi connectivity index (χ4n) is 10.6. The van der Waals surface area contributed by atoms with Crippen LogP contribution in [-0.2, 0) is 19.6 Å². The molecule has 2 aliphatic heterocycles. The van der Waals surface area contributed by atoms with Crippen LogP contribution in [0.5, 0.6) is 0 Å². The Hall–Kier alpha value is -7.00. The zero-order valence-corrected chi connectivity index (χ0v) is 32.8. The van der Waals surface area contributed by atoms with Crippen LogP contribution in [0.1, 0.15) is 39.9 Å². The summed E-state index contributed by atoms with van der Waals surface area (Å²) in [5, 5.41) is 10.4. The molecule has 2 nitrogen and oxygen atoms in total. The second kappa shape index (κ2) is 13.8. The average Bonchev–Trinajstić information content (AvgIpc) is 3.48. The Morgan fingerprint density at radius 2 is 0.644 bits per heavy atom. The molecule has 0 fully saturated rings. The summed E-state index contributed by atoms with van der Waals surface area (Å²) in [4.78, 5) is 5.54. The molecular formula is C57H42N2. The lowest BCUT2D eigenvalue weighted by Crippen LogP contribution is -2.41. The first-order chi connectivity index (χ1) is 29.3. The van der Waals surface area contributed by atoms with Gasteiger partial charge >= 0.3 is 0 Å². The van der Waals surface area contributed by atoms with E-state index in [9.17, 15) is 0 Å². The molecule has 2 atom stereocenters. The fraction of sp³-hybridized carbons (Fsp3) is 0.0877. The zero-order chi connectivity index (χ0) is 38.9. The second-order valence-corrected chi connectivity index (χ2v) is 16.4. The van der Waals surface area contributed by atoms with Crippen molar-refractivity contribution in [1.82, 2.24) is 4.90 Å². The summed E-state index contributed by atoms with van der Waals surface area (Å²) in [5.41, 5.74) is 13.5. The van der Waals surface area contributed by atoms with Crippen molar-refractivity contribution < 1.29 is 0 Å². The molecule has 2 heterocycles. The largest absolute Gasteiger partial charge is 0.358 e. The third-order valence-electron chi connectivity index (χ3n) is 13.2. The van der Waals surface area contributed by atoms with Gasteiger partial charge < -0.3 is 4.90 Å². The molecule has 0 saturated heterocycles. The molecule has 10 aromatic carbocycles. The van der Waals surface area contributed by atoms with E-state index in [2.05, 4.69) is 216 Å². The summed E-state index contributed by atoms with van der Waals surface area (Å²) in [5.74, 6) is 0. The van der Waals surface area contributed by atoms with Gasteiger partial charge in [-0.2, -0.15) is 0 Å². The molecule has 10 aromatic rings. The third-order valence-corrected chi connectivity index (χ3v) is 13.2. The van der Waals surface area contributed by atoms with Crippen molar-refractivity contribution in [3.63, 3.8) is 0 Å². The predicted molar refractivity (Wildman–Crippen MR) is 248 cm³/mol. The minimum atomic E-state index is -0.0240.